The molecule has 0 saturated heterocycles. The molecule has 0 aliphatic carbocycles. The molecule has 0 heterocycles. The van der Waals surface area contributed by atoms with Crippen LogP contribution in [-0.4, -0.2) is 19.1 Å². The first-order chi connectivity index (χ1) is 7.58. The van der Waals surface area contributed by atoms with Gasteiger partial charge >= 0.3 is 5.97 Å². The third-order valence-corrected chi connectivity index (χ3v) is 2.42. The van der Waals surface area contributed by atoms with Gasteiger partial charge in [0, 0.05) is 0 Å². The van der Waals surface area contributed by atoms with Gasteiger partial charge in [-0.15, -0.1) is 0 Å². The Labute approximate surface area is 94.6 Å². The summed E-state index contributed by atoms with van der Waals surface area (Å²) in [4.78, 5) is 11.2. The maximum atomic E-state index is 11.2. The topological polar surface area (TPSA) is 76.1 Å². The lowest BCUT2D eigenvalue weighted by atomic mass is 9.99. The summed E-state index contributed by atoms with van der Waals surface area (Å²) in [7, 11) is 1.31. The van der Waals surface area contributed by atoms with Crippen LogP contribution in [0.3, 0.4) is 0 Å². The second-order valence-electron chi connectivity index (χ2n) is 3.59. The zero-order chi connectivity index (χ0) is 12.1. The molecule has 0 unspecified atom stereocenters. The molecule has 0 amide bonds. The van der Waals surface area contributed by atoms with E-state index >= 15 is 0 Å². The number of nitrogens with two attached hydrogens (primary N) is 1. The van der Waals surface area contributed by atoms with Gasteiger partial charge in [0.1, 0.15) is 6.04 Å². The Bertz CT molecular complexity index is 435. The zero-order valence-corrected chi connectivity index (χ0v) is 9.36. The predicted octanol–water partition coefficient (Wildman–Crippen LogP) is 0.909. The van der Waals surface area contributed by atoms with Gasteiger partial charge in [0.05, 0.1) is 18.7 Å². The van der Waals surface area contributed by atoms with Crippen molar-refractivity contribution in [2.24, 2.45) is 5.73 Å². The molecule has 4 nitrogen and oxygen atoms in total. The number of esters is 1. The van der Waals surface area contributed by atoms with Crippen LogP contribution in [0, 0.1) is 18.3 Å². The highest BCUT2D eigenvalue weighted by Gasteiger charge is 2.15. The molecule has 0 saturated carbocycles. The summed E-state index contributed by atoms with van der Waals surface area (Å²) in [6.07, 6.45) is 0.421. The van der Waals surface area contributed by atoms with E-state index in [9.17, 15) is 4.79 Å². The molecular formula is C12H14N2O2. The molecule has 0 fully saturated rings. The monoisotopic (exact) mass is 218 g/mol. The van der Waals surface area contributed by atoms with E-state index in [1.807, 2.05) is 13.0 Å². The summed E-state index contributed by atoms with van der Waals surface area (Å²) in [6, 6.07) is 6.71. The van der Waals surface area contributed by atoms with E-state index < -0.39 is 12.0 Å². The van der Waals surface area contributed by atoms with Crippen molar-refractivity contribution in [3.8, 4) is 6.07 Å². The minimum atomic E-state index is -0.656. The van der Waals surface area contributed by atoms with Crippen molar-refractivity contribution < 1.29 is 9.53 Å². The lowest BCUT2D eigenvalue weighted by molar-refractivity contribution is -0.142. The summed E-state index contributed by atoms with van der Waals surface area (Å²) in [6.45, 7) is 1.89. The van der Waals surface area contributed by atoms with E-state index in [-0.39, 0.29) is 0 Å². The highest BCUT2D eigenvalue weighted by molar-refractivity contribution is 5.75. The van der Waals surface area contributed by atoms with E-state index in [0.717, 1.165) is 11.1 Å². The number of benzene rings is 1. The molecule has 1 aromatic rings. The fourth-order valence-corrected chi connectivity index (χ4v) is 1.47. The molecule has 4 heteroatoms. The van der Waals surface area contributed by atoms with Gasteiger partial charge in [-0.1, -0.05) is 6.07 Å². The molecule has 1 aromatic carbocycles. The van der Waals surface area contributed by atoms with Gasteiger partial charge in [-0.05, 0) is 36.6 Å². The number of nitrogens with zero attached hydrogens (tertiary/aromatic N) is 1. The Morgan fingerprint density at radius 3 is 2.81 bits per heavy atom. The van der Waals surface area contributed by atoms with Crippen LogP contribution in [0.25, 0.3) is 0 Å². The van der Waals surface area contributed by atoms with Gasteiger partial charge in [-0.2, -0.15) is 5.26 Å². The highest BCUT2D eigenvalue weighted by atomic mass is 16.5. The molecule has 1 atom stereocenters. The predicted molar refractivity (Wildman–Crippen MR) is 59.6 cm³/mol. The molecule has 0 spiro atoms. The van der Waals surface area contributed by atoms with Crippen molar-refractivity contribution >= 4 is 5.97 Å². The molecule has 0 aliphatic rings. The molecule has 2 N–H and O–H groups in total. The average Bonchev–Trinajstić information content (AvgIpc) is 2.30. The third-order valence-electron chi connectivity index (χ3n) is 2.42. The maximum absolute atomic E-state index is 11.2. The number of aryl methyl sites for hydroxylation is 1. The summed E-state index contributed by atoms with van der Waals surface area (Å²) >= 11 is 0. The Kier molecular flexibility index (Phi) is 4.03. The van der Waals surface area contributed by atoms with Crippen LogP contribution in [0.1, 0.15) is 16.7 Å². The van der Waals surface area contributed by atoms with E-state index in [1.54, 1.807) is 12.1 Å². The van der Waals surface area contributed by atoms with Crippen LogP contribution in [-0.2, 0) is 16.0 Å². The van der Waals surface area contributed by atoms with Crippen molar-refractivity contribution in [3.63, 3.8) is 0 Å². The summed E-state index contributed by atoms with van der Waals surface area (Å²) in [5, 5.41) is 8.71. The Hall–Kier alpha value is -1.86. The molecule has 84 valence electrons. The highest BCUT2D eigenvalue weighted by Crippen LogP contribution is 2.12. The number of methoxy groups -OCH3 is 1. The van der Waals surface area contributed by atoms with Gasteiger partial charge in [0.15, 0.2) is 0 Å². The van der Waals surface area contributed by atoms with E-state index in [2.05, 4.69) is 10.8 Å². The van der Waals surface area contributed by atoms with E-state index in [4.69, 9.17) is 11.0 Å². The largest absolute Gasteiger partial charge is 0.468 e. The van der Waals surface area contributed by atoms with Crippen LogP contribution in [0.5, 0.6) is 0 Å². The maximum Gasteiger partial charge on any atom is 0.322 e. The lowest BCUT2D eigenvalue weighted by Gasteiger charge is -2.11. The number of hydrogen-bond acceptors (Lipinski definition) is 4. The van der Waals surface area contributed by atoms with Crippen molar-refractivity contribution in [2.75, 3.05) is 7.11 Å². The first-order valence-corrected chi connectivity index (χ1v) is 4.91. The van der Waals surface area contributed by atoms with Crippen molar-refractivity contribution in [3.05, 3.63) is 34.9 Å². The summed E-state index contributed by atoms with van der Waals surface area (Å²) in [5.41, 5.74) is 8.18. The van der Waals surface area contributed by atoms with Gasteiger partial charge in [-0.3, -0.25) is 4.79 Å². The van der Waals surface area contributed by atoms with Crippen molar-refractivity contribution in [2.45, 2.75) is 19.4 Å². The number of carbonyl (C=O) groups is 1. The second kappa shape index (κ2) is 5.29. The summed E-state index contributed by atoms with van der Waals surface area (Å²) in [5.74, 6) is -0.427. The molecular weight excluding hydrogens is 204 g/mol. The van der Waals surface area contributed by atoms with Crippen LogP contribution in [0.4, 0.5) is 0 Å². The Balaban J connectivity index is 2.83. The molecule has 0 radical (unpaired) electrons. The van der Waals surface area contributed by atoms with Crippen LogP contribution >= 0.6 is 0 Å². The van der Waals surface area contributed by atoms with Crippen LogP contribution < -0.4 is 5.73 Å². The average molecular weight is 218 g/mol. The normalized spacial score (nSPS) is 11.6. The lowest BCUT2D eigenvalue weighted by Crippen LogP contribution is -2.33. The number of ether oxygens (including phenoxy) is 1. The molecule has 16 heavy (non-hydrogen) atoms. The molecule has 0 aliphatic heterocycles. The number of carbonyl (C=O) groups excluding carboxylic acids is 1. The standard InChI is InChI=1S/C12H14N2O2/c1-8-5-9(7-13)3-4-10(8)6-11(14)12(15)16-2/h3-5,11H,6,14H2,1-2H3/t11-/m1/s1. The second-order valence-corrected chi connectivity index (χ2v) is 3.59. The van der Waals surface area contributed by atoms with Gasteiger partial charge in [0.25, 0.3) is 0 Å². The zero-order valence-electron chi connectivity index (χ0n) is 9.36. The minimum Gasteiger partial charge on any atom is -0.468 e. The molecule has 1 rings (SSSR count). The number of nitriles is 1. The first kappa shape index (κ1) is 12.2. The van der Waals surface area contributed by atoms with Crippen LogP contribution in [0.2, 0.25) is 0 Å². The fourth-order valence-electron chi connectivity index (χ4n) is 1.47. The number of rotatable bonds is 3. The van der Waals surface area contributed by atoms with Gasteiger partial charge in [-0.25, -0.2) is 0 Å². The molecule has 0 aromatic heterocycles. The van der Waals surface area contributed by atoms with Crippen LogP contribution in [0.15, 0.2) is 18.2 Å². The van der Waals surface area contributed by atoms with E-state index in [1.165, 1.54) is 7.11 Å². The smallest absolute Gasteiger partial charge is 0.322 e. The Morgan fingerprint density at radius 1 is 1.62 bits per heavy atom. The van der Waals surface area contributed by atoms with Crippen molar-refractivity contribution in [1.82, 2.24) is 0 Å². The van der Waals surface area contributed by atoms with Gasteiger partial charge in [0.2, 0.25) is 0 Å². The minimum absolute atomic E-state index is 0.421. The number of hydrogen-bond donors (Lipinski definition) is 1. The Morgan fingerprint density at radius 2 is 2.31 bits per heavy atom. The molecule has 0 bridgehead atoms. The fraction of sp³-hybridized carbons (Fsp3) is 0.333. The summed E-state index contributed by atoms with van der Waals surface area (Å²) < 4.78 is 4.55. The SMILES string of the molecule is COC(=O)[C@H](N)Cc1ccc(C#N)cc1C. The quantitative estimate of drug-likeness (QED) is 0.765. The van der Waals surface area contributed by atoms with Crippen molar-refractivity contribution in [1.29, 1.82) is 5.26 Å². The van der Waals surface area contributed by atoms with Gasteiger partial charge < -0.3 is 10.5 Å². The van der Waals surface area contributed by atoms with E-state index in [0.29, 0.717) is 12.0 Å². The third kappa shape index (κ3) is 2.81. The first-order valence-electron chi connectivity index (χ1n) is 4.91.